The maximum absolute atomic E-state index is 12.9. The van der Waals surface area contributed by atoms with Crippen molar-refractivity contribution < 1.29 is 23.8 Å². The molecule has 0 bridgehead atoms. The van der Waals surface area contributed by atoms with E-state index in [4.69, 9.17) is 14.2 Å². The Morgan fingerprint density at radius 1 is 1.18 bits per heavy atom. The van der Waals surface area contributed by atoms with Gasteiger partial charge in [0.1, 0.15) is 16.5 Å². The number of aryl methyl sites for hydroxylation is 1. The van der Waals surface area contributed by atoms with Crippen molar-refractivity contribution in [3.05, 3.63) is 39.8 Å². The van der Waals surface area contributed by atoms with Gasteiger partial charge in [0, 0.05) is 16.5 Å². The van der Waals surface area contributed by atoms with Crippen LogP contribution in [-0.2, 0) is 11.2 Å². The highest BCUT2D eigenvalue weighted by molar-refractivity contribution is 7.17. The van der Waals surface area contributed by atoms with E-state index in [0.29, 0.717) is 27.6 Å². The van der Waals surface area contributed by atoms with Gasteiger partial charge < -0.3 is 19.5 Å². The second-order valence-corrected chi connectivity index (χ2v) is 7.82. The SMILES string of the molecule is CCOC(=O)c1c(NC(=O)c2cc(OC)cc(OC)c2)sc2c1C(C)CCC2. The zero-order valence-electron chi connectivity index (χ0n) is 16.6. The lowest BCUT2D eigenvalue weighted by Crippen LogP contribution is -2.16. The number of thiophene rings is 1. The molecule has 1 aliphatic carbocycles. The third-order valence-corrected chi connectivity index (χ3v) is 6.06. The van der Waals surface area contributed by atoms with Crippen LogP contribution in [0.3, 0.4) is 0 Å². The molecule has 1 atom stereocenters. The van der Waals surface area contributed by atoms with Crippen molar-refractivity contribution in [2.24, 2.45) is 0 Å². The molecule has 0 spiro atoms. The predicted octanol–water partition coefficient (Wildman–Crippen LogP) is 4.63. The second-order valence-electron chi connectivity index (χ2n) is 6.71. The largest absolute Gasteiger partial charge is 0.497 e. The van der Waals surface area contributed by atoms with Crippen molar-refractivity contribution >= 4 is 28.2 Å². The van der Waals surface area contributed by atoms with Gasteiger partial charge in [-0.1, -0.05) is 6.92 Å². The Labute approximate surface area is 168 Å². The minimum atomic E-state index is -0.382. The summed E-state index contributed by atoms with van der Waals surface area (Å²) in [6.45, 7) is 4.19. The van der Waals surface area contributed by atoms with E-state index >= 15 is 0 Å². The molecule has 28 heavy (non-hydrogen) atoms. The summed E-state index contributed by atoms with van der Waals surface area (Å²) < 4.78 is 15.8. The molecular weight excluding hydrogens is 378 g/mol. The molecular formula is C21H25NO5S. The Hall–Kier alpha value is -2.54. The van der Waals surface area contributed by atoms with Crippen LogP contribution in [0.5, 0.6) is 11.5 Å². The topological polar surface area (TPSA) is 73.9 Å². The molecule has 7 heteroatoms. The quantitative estimate of drug-likeness (QED) is 0.712. The maximum atomic E-state index is 12.9. The van der Waals surface area contributed by atoms with Crippen molar-refractivity contribution in [3.8, 4) is 11.5 Å². The first-order valence-corrected chi connectivity index (χ1v) is 10.2. The van der Waals surface area contributed by atoms with Crippen molar-refractivity contribution in [2.75, 3.05) is 26.1 Å². The number of esters is 1. The number of hydrogen-bond donors (Lipinski definition) is 1. The summed E-state index contributed by atoms with van der Waals surface area (Å²) in [5, 5.41) is 3.46. The summed E-state index contributed by atoms with van der Waals surface area (Å²) in [5.74, 6) is 0.603. The molecule has 0 aliphatic heterocycles. The van der Waals surface area contributed by atoms with Gasteiger partial charge in [0.15, 0.2) is 0 Å². The Morgan fingerprint density at radius 3 is 2.46 bits per heavy atom. The highest BCUT2D eigenvalue weighted by Crippen LogP contribution is 2.44. The second kappa shape index (κ2) is 8.65. The molecule has 1 aliphatic rings. The smallest absolute Gasteiger partial charge is 0.341 e. The molecule has 1 aromatic heterocycles. The molecule has 0 radical (unpaired) electrons. The van der Waals surface area contributed by atoms with Crippen molar-refractivity contribution in [1.82, 2.24) is 0 Å². The number of hydrogen-bond acceptors (Lipinski definition) is 6. The third-order valence-electron chi connectivity index (χ3n) is 4.88. The Bertz CT molecular complexity index is 867. The number of ether oxygens (including phenoxy) is 3. The van der Waals surface area contributed by atoms with Crippen LogP contribution < -0.4 is 14.8 Å². The number of anilines is 1. The third kappa shape index (κ3) is 3.99. The summed E-state index contributed by atoms with van der Waals surface area (Å²) in [6, 6.07) is 4.97. The number of fused-ring (bicyclic) bond motifs is 1. The van der Waals surface area contributed by atoms with Gasteiger partial charge in [-0.15, -0.1) is 11.3 Å². The first kappa shape index (κ1) is 20.2. The molecule has 0 saturated heterocycles. The summed E-state index contributed by atoms with van der Waals surface area (Å²) in [7, 11) is 3.06. The van der Waals surface area contributed by atoms with Gasteiger partial charge in [0.25, 0.3) is 5.91 Å². The zero-order chi connectivity index (χ0) is 20.3. The molecule has 1 heterocycles. The van der Waals surface area contributed by atoms with E-state index in [1.165, 1.54) is 25.6 Å². The fraction of sp³-hybridized carbons (Fsp3) is 0.429. The standard InChI is InChI=1S/C21H25NO5S/c1-5-27-21(24)18-17-12(2)7-6-8-16(17)28-20(18)22-19(23)13-9-14(25-3)11-15(10-13)26-4/h9-12H,5-8H2,1-4H3,(H,22,23). The minimum Gasteiger partial charge on any atom is -0.497 e. The molecule has 2 aromatic rings. The van der Waals surface area contributed by atoms with E-state index in [1.54, 1.807) is 25.1 Å². The Morgan fingerprint density at radius 2 is 1.86 bits per heavy atom. The number of methoxy groups -OCH3 is 2. The fourth-order valence-electron chi connectivity index (χ4n) is 3.52. The minimum absolute atomic E-state index is 0.266. The Balaban J connectivity index is 1.98. The normalized spacial score (nSPS) is 15.5. The van der Waals surface area contributed by atoms with Crippen LogP contribution in [-0.4, -0.2) is 32.7 Å². The lowest BCUT2D eigenvalue weighted by Gasteiger charge is -2.19. The molecule has 6 nitrogen and oxygen atoms in total. The molecule has 0 saturated carbocycles. The monoisotopic (exact) mass is 403 g/mol. The molecule has 150 valence electrons. The van der Waals surface area contributed by atoms with Crippen LogP contribution in [0.15, 0.2) is 18.2 Å². The maximum Gasteiger partial charge on any atom is 0.341 e. The van der Waals surface area contributed by atoms with Crippen LogP contribution in [0.1, 0.15) is 63.8 Å². The summed E-state index contributed by atoms with van der Waals surface area (Å²) in [4.78, 5) is 26.7. The number of nitrogens with one attached hydrogen (secondary N) is 1. The van der Waals surface area contributed by atoms with Gasteiger partial charge in [-0.25, -0.2) is 4.79 Å². The average Bonchev–Trinajstić information content (AvgIpc) is 3.07. The highest BCUT2D eigenvalue weighted by Gasteiger charge is 2.31. The van der Waals surface area contributed by atoms with Crippen molar-refractivity contribution in [3.63, 3.8) is 0 Å². The van der Waals surface area contributed by atoms with Crippen molar-refractivity contribution in [1.29, 1.82) is 0 Å². The van der Waals surface area contributed by atoms with Crippen LogP contribution >= 0.6 is 11.3 Å². The summed E-state index contributed by atoms with van der Waals surface area (Å²) in [6.07, 6.45) is 3.02. The van der Waals surface area contributed by atoms with E-state index in [9.17, 15) is 9.59 Å². The number of carbonyl (C=O) groups excluding carboxylic acids is 2. The molecule has 1 unspecified atom stereocenters. The van der Waals surface area contributed by atoms with Gasteiger partial charge in [-0.2, -0.15) is 0 Å². The highest BCUT2D eigenvalue weighted by atomic mass is 32.1. The van der Waals surface area contributed by atoms with Crippen LogP contribution in [0.25, 0.3) is 0 Å². The number of amides is 1. The van der Waals surface area contributed by atoms with E-state index in [1.807, 2.05) is 0 Å². The number of rotatable bonds is 6. The first-order chi connectivity index (χ1) is 13.5. The van der Waals surface area contributed by atoms with Crippen LogP contribution in [0.2, 0.25) is 0 Å². The Kier molecular flexibility index (Phi) is 6.24. The summed E-state index contributed by atoms with van der Waals surface area (Å²) in [5.41, 5.74) is 1.91. The molecule has 1 amide bonds. The zero-order valence-corrected chi connectivity index (χ0v) is 17.4. The van der Waals surface area contributed by atoms with Gasteiger partial charge >= 0.3 is 5.97 Å². The van der Waals surface area contributed by atoms with Gasteiger partial charge in [-0.3, -0.25) is 4.79 Å². The molecule has 0 fully saturated rings. The van der Waals surface area contributed by atoms with Gasteiger partial charge in [0.2, 0.25) is 0 Å². The number of benzene rings is 1. The van der Waals surface area contributed by atoms with E-state index in [2.05, 4.69) is 12.2 Å². The van der Waals surface area contributed by atoms with Gasteiger partial charge in [-0.05, 0) is 49.8 Å². The molecule has 3 rings (SSSR count). The van der Waals surface area contributed by atoms with E-state index < -0.39 is 0 Å². The van der Waals surface area contributed by atoms with E-state index in [-0.39, 0.29) is 24.4 Å². The lowest BCUT2D eigenvalue weighted by atomic mass is 9.86. The summed E-state index contributed by atoms with van der Waals surface area (Å²) >= 11 is 1.47. The predicted molar refractivity (Wildman–Crippen MR) is 109 cm³/mol. The number of carbonyl (C=O) groups is 2. The molecule has 1 N–H and O–H groups in total. The fourth-order valence-corrected chi connectivity index (χ4v) is 4.86. The lowest BCUT2D eigenvalue weighted by molar-refractivity contribution is 0.0526. The van der Waals surface area contributed by atoms with Crippen LogP contribution in [0.4, 0.5) is 5.00 Å². The van der Waals surface area contributed by atoms with E-state index in [0.717, 1.165) is 29.7 Å². The molecule has 1 aromatic carbocycles. The first-order valence-electron chi connectivity index (χ1n) is 9.35. The van der Waals surface area contributed by atoms with Crippen molar-refractivity contribution in [2.45, 2.75) is 39.0 Å². The van der Waals surface area contributed by atoms with Crippen LogP contribution in [0, 0.1) is 0 Å². The average molecular weight is 404 g/mol. The van der Waals surface area contributed by atoms with Gasteiger partial charge in [0.05, 0.1) is 26.4 Å².